The van der Waals surface area contributed by atoms with Gasteiger partial charge in [-0.1, -0.05) is 43.3 Å². The topological polar surface area (TPSA) is 104 Å². The van der Waals surface area contributed by atoms with Crippen molar-refractivity contribution in [3.8, 4) is 11.1 Å². The Morgan fingerprint density at radius 1 is 1.12 bits per heavy atom. The molecule has 132 valence electrons. The molecule has 6 nitrogen and oxygen atoms in total. The van der Waals surface area contributed by atoms with Gasteiger partial charge in [0, 0.05) is 12.2 Å². The van der Waals surface area contributed by atoms with Crippen LogP contribution in [0.15, 0.2) is 48.5 Å². The van der Waals surface area contributed by atoms with E-state index < -0.39 is 12.0 Å². The first-order valence-electron chi connectivity index (χ1n) is 8.22. The molecule has 2 amide bonds. The molecule has 6 heteroatoms. The fourth-order valence-corrected chi connectivity index (χ4v) is 2.36. The summed E-state index contributed by atoms with van der Waals surface area (Å²) in [6.45, 7) is 2.62. The standard InChI is InChI=1S/C19H23N3O3/c1-2-10-21-19(25)22-16-5-3-4-15(12-16)14-8-6-13(7-9-14)11-17(20)18(23)24/h3-9,12,17H,2,10-11,20H2,1H3,(H,23,24)(H2,21,22,25)/t17-/m0/s1. The van der Waals surface area contributed by atoms with Crippen LogP contribution < -0.4 is 16.4 Å². The summed E-state index contributed by atoms with van der Waals surface area (Å²) in [4.78, 5) is 22.6. The smallest absolute Gasteiger partial charge is 0.320 e. The molecular formula is C19H23N3O3. The maximum Gasteiger partial charge on any atom is 0.320 e. The Labute approximate surface area is 147 Å². The van der Waals surface area contributed by atoms with Crippen molar-refractivity contribution in [2.45, 2.75) is 25.8 Å². The molecule has 0 unspecified atom stereocenters. The molecule has 0 bridgehead atoms. The summed E-state index contributed by atoms with van der Waals surface area (Å²) in [5, 5.41) is 14.4. The summed E-state index contributed by atoms with van der Waals surface area (Å²) in [6, 6.07) is 14.0. The number of amides is 2. The van der Waals surface area contributed by atoms with Crippen molar-refractivity contribution in [1.82, 2.24) is 5.32 Å². The number of anilines is 1. The van der Waals surface area contributed by atoms with E-state index in [1.54, 1.807) is 0 Å². The average Bonchev–Trinajstić information content (AvgIpc) is 2.60. The Kier molecular flexibility index (Phi) is 6.54. The van der Waals surface area contributed by atoms with Crippen LogP contribution in [0.1, 0.15) is 18.9 Å². The lowest BCUT2D eigenvalue weighted by Gasteiger charge is -2.10. The lowest BCUT2D eigenvalue weighted by molar-refractivity contribution is -0.138. The maximum absolute atomic E-state index is 11.7. The van der Waals surface area contributed by atoms with Gasteiger partial charge in [-0.2, -0.15) is 0 Å². The predicted molar refractivity (Wildman–Crippen MR) is 98.5 cm³/mol. The number of carbonyl (C=O) groups is 2. The summed E-state index contributed by atoms with van der Waals surface area (Å²) in [5.74, 6) is -1.01. The largest absolute Gasteiger partial charge is 0.480 e. The van der Waals surface area contributed by atoms with Crippen molar-refractivity contribution >= 4 is 17.7 Å². The Morgan fingerprint density at radius 3 is 2.48 bits per heavy atom. The molecular weight excluding hydrogens is 318 g/mol. The quantitative estimate of drug-likeness (QED) is 0.621. The van der Waals surface area contributed by atoms with E-state index in [1.165, 1.54) is 0 Å². The minimum absolute atomic E-state index is 0.225. The van der Waals surface area contributed by atoms with E-state index in [9.17, 15) is 9.59 Å². The van der Waals surface area contributed by atoms with Crippen LogP contribution in [0.2, 0.25) is 0 Å². The Morgan fingerprint density at radius 2 is 1.84 bits per heavy atom. The van der Waals surface area contributed by atoms with Crippen LogP contribution in [0.25, 0.3) is 11.1 Å². The third-order valence-electron chi connectivity index (χ3n) is 3.72. The van der Waals surface area contributed by atoms with E-state index in [4.69, 9.17) is 10.8 Å². The molecule has 2 rings (SSSR count). The van der Waals surface area contributed by atoms with Crippen molar-refractivity contribution in [3.63, 3.8) is 0 Å². The van der Waals surface area contributed by atoms with E-state index in [-0.39, 0.29) is 12.5 Å². The molecule has 0 aromatic heterocycles. The minimum Gasteiger partial charge on any atom is -0.480 e. The fraction of sp³-hybridized carbons (Fsp3) is 0.263. The molecule has 25 heavy (non-hydrogen) atoms. The highest BCUT2D eigenvalue weighted by atomic mass is 16.4. The lowest BCUT2D eigenvalue weighted by atomic mass is 10.0. The highest BCUT2D eigenvalue weighted by Crippen LogP contribution is 2.23. The first-order chi connectivity index (χ1) is 12.0. The number of aliphatic carboxylic acids is 1. The number of benzene rings is 2. The number of nitrogens with two attached hydrogens (primary N) is 1. The second-order valence-corrected chi connectivity index (χ2v) is 5.81. The Hall–Kier alpha value is -2.86. The van der Waals surface area contributed by atoms with E-state index >= 15 is 0 Å². The summed E-state index contributed by atoms with van der Waals surface area (Å²) in [5.41, 5.74) is 9.07. The van der Waals surface area contributed by atoms with E-state index in [2.05, 4.69) is 10.6 Å². The summed E-state index contributed by atoms with van der Waals surface area (Å²) >= 11 is 0. The summed E-state index contributed by atoms with van der Waals surface area (Å²) in [7, 11) is 0. The van der Waals surface area contributed by atoms with Gasteiger partial charge in [-0.3, -0.25) is 4.79 Å². The molecule has 1 atom stereocenters. The van der Waals surface area contributed by atoms with Gasteiger partial charge < -0.3 is 21.5 Å². The molecule has 0 saturated heterocycles. The van der Waals surface area contributed by atoms with Gasteiger partial charge in [0.2, 0.25) is 0 Å². The van der Waals surface area contributed by atoms with Gasteiger partial charge in [0.05, 0.1) is 0 Å². The average molecular weight is 341 g/mol. The van der Waals surface area contributed by atoms with Crippen LogP contribution in [0, 0.1) is 0 Å². The molecule has 0 radical (unpaired) electrons. The van der Waals surface area contributed by atoms with Gasteiger partial charge >= 0.3 is 12.0 Å². The molecule has 0 saturated carbocycles. The van der Waals surface area contributed by atoms with Crippen LogP contribution in [-0.2, 0) is 11.2 Å². The Balaban J connectivity index is 2.07. The van der Waals surface area contributed by atoms with Gasteiger partial charge in [-0.05, 0) is 41.7 Å². The number of urea groups is 1. The second kappa shape index (κ2) is 8.84. The van der Waals surface area contributed by atoms with Gasteiger partial charge in [-0.15, -0.1) is 0 Å². The number of hydrogen-bond acceptors (Lipinski definition) is 3. The molecule has 0 fully saturated rings. The number of hydrogen-bond donors (Lipinski definition) is 4. The molecule has 0 aliphatic carbocycles. The molecule has 2 aromatic rings. The van der Waals surface area contributed by atoms with Crippen LogP contribution >= 0.6 is 0 Å². The van der Waals surface area contributed by atoms with E-state index in [1.807, 2.05) is 55.5 Å². The van der Waals surface area contributed by atoms with Crippen LogP contribution in [-0.4, -0.2) is 29.7 Å². The van der Waals surface area contributed by atoms with Crippen LogP contribution in [0.4, 0.5) is 10.5 Å². The number of carboxylic acids is 1. The van der Waals surface area contributed by atoms with Crippen molar-refractivity contribution in [1.29, 1.82) is 0 Å². The third-order valence-corrected chi connectivity index (χ3v) is 3.72. The zero-order chi connectivity index (χ0) is 18.2. The summed E-state index contributed by atoms with van der Waals surface area (Å²) in [6.07, 6.45) is 1.17. The molecule has 5 N–H and O–H groups in total. The summed E-state index contributed by atoms with van der Waals surface area (Å²) < 4.78 is 0. The van der Waals surface area contributed by atoms with Crippen molar-refractivity contribution in [2.24, 2.45) is 5.73 Å². The maximum atomic E-state index is 11.7. The molecule has 0 aliphatic heterocycles. The normalized spacial score (nSPS) is 11.6. The van der Waals surface area contributed by atoms with Crippen LogP contribution in [0.3, 0.4) is 0 Å². The first kappa shape index (κ1) is 18.5. The van der Waals surface area contributed by atoms with Crippen molar-refractivity contribution < 1.29 is 14.7 Å². The monoisotopic (exact) mass is 341 g/mol. The van der Waals surface area contributed by atoms with Crippen molar-refractivity contribution in [3.05, 3.63) is 54.1 Å². The number of nitrogens with one attached hydrogen (secondary N) is 2. The van der Waals surface area contributed by atoms with Gasteiger partial charge in [0.1, 0.15) is 6.04 Å². The minimum atomic E-state index is -1.01. The van der Waals surface area contributed by atoms with E-state index in [0.29, 0.717) is 12.2 Å². The molecule has 0 heterocycles. The van der Waals surface area contributed by atoms with E-state index in [0.717, 1.165) is 23.1 Å². The first-order valence-corrected chi connectivity index (χ1v) is 8.22. The molecule has 0 aliphatic rings. The highest BCUT2D eigenvalue weighted by Gasteiger charge is 2.12. The predicted octanol–water partition coefficient (Wildman–Crippen LogP) is 2.84. The zero-order valence-electron chi connectivity index (χ0n) is 14.2. The fourth-order valence-electron chi connectivity index (χ4n) is 2.36. The number of carboxylic acid groups (broad SMARTS) is 1. The van der Waals surface area contributed by atoms with Gasteiger partial charge in [0.15, 0.2) is 0 Å². The third kappa shape index (κ3) is 5.61. The van der Waals surface area contributed by atoms with Crippen LogP contribution in [0.5, 0.6) is 0 Å². The lowest BCUT2D eigenvalue weighted by Crippen LogP contribution is -2.32. The zero-order valence-corrected chi connectivity index (χ0v) is 14.2. The van der Waals surface area contributed by atoms with Gasteiger partial charge in [0.25, 0.3) is 0 Å². The molecule has 0 spiro atoms. The number of carbonyl (C=O) groups excluding carboxylic acids is 1. The van der Waals surface area contributed by atoms with Gasteiger partial charge in [-0.25, -0.2) is 4.79 Å². The molecule has 2 aromatic carbocycles. The highest BCUT2D eigenvalue weighted by molar-refractivity contribution is 5.90. The number of rotatable bonds is 7. The second-order valence-electron chi connectivity index (χ2n) is 5.81. The SMILES string of the molecule is CCCNC(=O)Nc1cccc(-c2ccc(C[C@H](N)C(=O)O)cc2)c1. The van der Waals surface area contributed by atoms with Crippen molar-refractivity contribution in [2.75, 3.05) is 11.9 Å². The Bertz CT molecular complexity index is 729.